The van der Waals surface area contributed by atoms with Crippen LogP contribution in [-0.4, -0.2) is 36.2 Å². The molecule has 0 aromatic heterocycles. The van der Waals surface area contributed by atoms with Gasteiger partial charge in [0.25, 0.3) is 0 Å². The first-order chi connectivity index (χ1) is 11.0. The van der Waals surface area contributed by atoms with E-state index in [2.05, 4.69) is 5.32 Å². The molecule has 0 spiro atoms. The number of halogens is 4. The summed E-state index contributed by atoms with van der Waals surface area (Å²) in [6.45, 7) is 6.04. The normalized spacial score (nSPS) is 19.3. The zero-order chi connectivity index (χ0) is 18.1. The van der Waals surface area contributed by atoms with E-state index < -0.39 is 35.3 Å². The molecule has 1 saturated heterocycles. The molecule has 1 unspecified atom stereocenters. The summed E-state index contributed by atoms with van der Waals surface area (Å²) in [5.41, 5.74) is -1.57. The van der Waals surface area contributed by atoms with Crippen LogP contribution >= 0.6 is 0 Å². The molecule has 1 aliphatic rings. The Morgan fingerprint density at radius 1 is 1.25 bits per heavy atom. The quantitative estimate of drug-likeness (QED) is 0.787. The van der Waals surface area contributed by atoms with Gasteiger partial charge in [0.1, 0.15) is 11.4 Å². The van der Waals surface area contributed by atoms with Gasteiger partial charge in [-0.2, -0.15) is 13.2 Å². The predicted molar refractivity (Wildman–Crippen MR) is 80.0 cm³/mol. The van der Waals surface area contributed by atoms with Crippen molar-refractivity contribution < 1.29 is 27.1 Å². The van der Waals surface area contributed by atoms with Crippen molar-refractivity contribution >= 4 is 6.09 Å². The Morgan fingerprint density at radius 3 is 2.50 bits per heavy atom. The van der Waals surface area contributed by atoms with Crippen molar-refractivity contribution in [1.29, 1.82) is 0 Å². The predicted octanol–water partition coefficient (Wildman–Crippen LogP) is 3.73. The molecular formula is C16H20F4N2O2. The number of rotatable bonds is 1. The number of alkyl halides is 3. The van der Waals surface area contributed by atoms with Gasteiger partial charge >= 0.3 is 12.3 Å². The lowest BCUT2D eigenvalue weighted by molar-refractivity contribution is -0.137. The number of nitrogens with one attached hydrogen (secondary N) is 1. The number of nitrogens with zero attached hydrogens (tertiary/aromatic N) is 1. The van der Waals surface area contributed by atoms with Crippen LogP contribution in [0.5, 0.6) is 0 Å². The van der Waals surface area contributed by atoms with Gasteiger partial charge in [-0.25, -0.2) is 9.18 Å². The second-order valence-electron chi connectivity index (χ2n) is 6.70. The Hall–Kier alpha value is -1.83. The zero-order valence-corrected chi connectivity index (χ0v) is 13.7. The highest BCUT2D eigenvalue weighted by Gasteiger charge is 2.33. The molecule has 4 nitrogen and oxygen atoms in total. The molecule has 0 aliphatic carbocycles. The van der Waals surface area contributed by atoms with Gasteiger partial charge in [0, 0.05) is 19.6 Å². The lowest BCUT2D eigenvalue weighted by Gasteiger charge is -2.35. The molecule has 0 radical (unpaired) electrons. The fraction of sp³-hybridized carbons (Fsp3) is 0.562. The van der Waals surface area contributed by atoms with Gasteiger partial charge in [0.15, 0.2) is 0 Å². The maximum atomic E-state index is 13.6. The number of hydrogen-bond donors (Lipinski definition) is 1. The van der Waals surface area contributed by atoms with E-state index in [0.717, 1.165) is 12.1 Å². The van der Waals surface area contributed by atoms with Crippen LogP contribution in [0.25, 0.3) is 0 Å². The fourth-order valence-corrected chi connectivity index (χ4v) is 2.44. The van der Waals surface area contributed by atoms with Gasteiger partial charge in [-0.1, -0.05) is 0 Å². The van der Waals surface area contributed by atoms with Gasteiger partial charge in [0.05, 0.1) is 11.6 Å². The smallest absolute Gasteiger partial charge is 0.416 e. The summed E-state index contributed by atoms with van der Waals surface area (Å²) in [5, 5.41) is 3.01. The van der Waals surface area contributed by atoms with Crippen LogP contribution in [0, 0.1) is 5.82 Å². The molecule has 1 fully saturated rings. The Kier molecular flexibility index (Phi) is 5.08. The number of amides is 1. The molecule has 1 N–H and O–H groups in total. The highest BCUT2D eigenvalue weighted by Crippen LogP contribution is 2.32. The first-order valence-corrected chi connectivity index (χ1v) is 7.55. The van der Waals surface area contributed by atoms with E-state index >= 15 is 0 Å². The first kappa shape index (κ1) is 18.5. The Bertz CT molecular complexity index is 611. The van der Waals surface area contributed by atoms with Crippen molar-refractivity contribution in [2.75, 3.05) is 19.6 Å². The number of carbonyl (C=O) groups excluding carboxylic acids is 1. The van der Waals surface area contributed by atoms with Crippen molar-refractivity contribution in [2.24, 2.45) is 0 Å². The van der Waals surface area contributed by atoms with Gasteiger partial charge in [0.2, 0.25) is 0 Å². The standard InChI is InChI=1S/C16H20F4N2O2/c1-15(2,3)24-14(23)22-5-4-21-13(9-22)10-6-11(16(18,19)20)8-12(17)7-10/h6-8,13,21H,4-5,9H2,1-3H3. The summed E-state index contributed by atoms with van der Waals surface area (Å²) in [7, 11) is 0. The molecule has 0 bridgehead atoms. The van der Waals surface area contributed by atoms with Crippen LogP contribution in [0.4, 0.5) is 22.4 Å². The van der Waals surface area contributed by atoms with E-state index in [1.807, 2.05) is 0 Å². The van der Waals surface area contributed by atoms with Crippen LogP contribution in [0.2, 0.25) is 0 Å². The van der Waals surface area contributed by atoms with E-state index in [4.69, 9.17) is 4.74 Å². The maximum Gasteiger partial charge on any atom is 0.416 e. The van der Waals surface area contributed by atoms with Crippen molar-refractivity contribution in [3.05, 3.63) is 35.1 Å². The molecule has 1 aromatic carbocycles. The monoisotopic (exact) mass is 348 g/mol. The van der Waals surface area contributed by atoms with Crippen LogP contribution in [-0.2, 0) is 10.9 Å². The van der Waals surface area contributed by atoms with Crippen molar-refractivity contribution in [3.8, 4) is 0 Å². The van der Waals surface area contributed by atoms with Crippen LogP contribution < -0.4 is 5.32 Å². The summed E-state index contributed by atoms with van der Waals surface area (Å²) < 4.78 is 57.3. The minimum absolute atomic E-state index is 0.107. The van der Waals surface area contributed by atoms with Gasteiger partial charge < -0.3 is 15.0 Å². The van der Waals surface area contributed by atoms with Crippen LogP contribution in [0.1, 0.15) is 37.9 Å². The summed E-state index contributed by atoms with van der Waals surface area (Å²) in [5.74, 6) is -0.962. The van der Waals surface area contributed by atoms with Gasteiger partial charge in [-0.15, -0.1) is 0 Å². The molecule has 1 aromatic rings. The Morgan fingerprint density at radius 2 is 1.92 bits per heavy atom. The average molecular weight is 348 g/mol. The van der Waals surface area contributed by atoms with E-state index in [1.165, 1.54) is 4.90 Å². The van der Waals surface area contributed by atoms with Crippen LogP contribution in [0.3, 0.4) is 0 Å². The number of piperazine rings is 1. The summed E-state index contributed by atoms with van der Waals surface area (Å²) in [6, 6.07) is 1.81. The molecule has 134 valence electrons. The molecule has 1 atom stereocenters. The van der Waals surface area contributed by atoms with Crippen molar-refractivity contribution in [2.45, 2.75) is 38.6 Å². The number of hydrogen-bond acceptors (Lipinski definition) is 3. The molecule has 1 aliphatic heterocycles. The Balaban J connectivity index is 2.18. The third kappa shape index (κ3) is 4.83. The molecule has 0 saturated carbocycles. The largest absolute Gasteiger partial charge is 0.444 e. The fourth-order valence-electron chi connectivity index (χ4n) is 2.44. The molecule has 24 heavy (non-hydrogen) atoms. The third-order valence-electron chi connectivity index (χ3n) is 3.48. The minimum atomic E-state index is -4.63. The Labute approximate surface area is 137 Å². The summed E-state index contributed by atoms with van der Waals surface area (Å²) in [4.78, 5) is 13.5. The number of carbonyl (C=O) groups is 1. The second-order valence-corrected chi connectivity index (χ2v) is 6.70. The lowest BCUT2D eigenvalue weighted by atomic mass is 10.0. The highest BCUT2D eigenvalue weighted by atomic mass is 19.4. The average Bonchev–Trinajstić information content (AvgIpc) is 2.44. The molecule has 8 heteroatoms. The van der Waals surface area contributed by atoms with Crippen molar-refractivity contribution in [1.82, 2.24) is 10.2 Å². The lowest BCUT2D eigenvalue weighted by Crippen LogP contribution is -2.49. The minimum Gasteiger partial charge on any atom is -0.444 e. The molecular weight excluding hydrogens is 328 g/mol. The molecule has 2 rings (SSSR count). The second kappa shape index (κ2) is 6.58. The highest BCUT2D eigenvalue weighted by molar-refractivity contribution is 5.68. The summed E-state index contributed by atoms with van der Waals surface area (Å²) >= 11 is 0. The van der Waals surface area contributed by atoms with Gasteiger partial charge in [-0.3, -0.25) is 0 Å². The van der Waals surface area contributed by atoms with E-state index in [1.54, 1.807) is 20.8 Å². The first-order valence-electron chi connectivity index (χ1n) is 7.55. The SMILES string of the molecule is CC(C)(C)OC(=O)N1CCNC(c2cc(F)cc(C(F)(F)F)c2)C1. The third-order valence-corrected chi connectivity index (χ3v) is 3.48. The molecule has 1 heterocycles. The van der Waals surface area contributed by atoms with Gasteiger partial charge in [-0.05, 0) is 44.5 Å². The summed E-state index contributed by atoms with van der Waals surface area (Å²) in [6.07, 6.45) is -5.17. The topological polar surface area (TPSA) is 41.6 Å². The van der Waals surface area contributed by atoms with Crippen LogP contribution in [0.15, 0.2) is 18.2 Å². The zero-order valence-electron chi connectivity index (χ0n) is 13.7. The van der Waals surface area contributed by atoms with E-state index in [-0.39, 0.29) is 12.1 Å². The van der Waals surface area contributed by atoms with E-state index in [9.17, 15) is 22.4 Å². The van der Waals surface area contributed by atoms with E-state index in [0.29, 0.717) is 19.2 Å². The van der Waals surface area contributed by atoms with Crippen molar-refractivity contribution in [3.63, 3.8) is 0 Å². The molecule has 1 amide bonds. The number of benzene rings is 1. The number of ether oxygens (including phenoxy) is 1. The maximum absolute atomic E-state index is 13.6.